The number of nitrogens with two attached hydrogens (primary N) is 1. The molecule has 5 N–H and O–H groups in total. The van der Waals surface area contributed by atoms with E-state index >= 15 is 0 Å². The molecule has 0 radical (unpaired) electrons. The Kier molecular flexibility index (Phi) is 4.67. The molecule has 106 valence electrons. The van der Waals surface area contributed by atoms with E-state index in [4.69, 9.17) is 10.8 Å². The molecule has 0 spiro atoms. The van der Waals surface area contributed by atoms with Crippen molar-refractivity contribution in [1.82, 2.24) is 15.5 Å². The largest absolute Gasteiger partial charge is 0.480 e. The number of hydrogen-bond donors (Lipinski definition) is 4. The molecule has 0 aromatic heterocycles. The van der Waals surface area contributed by atoms with Gasteiger partial charge in [0, 0.05) is 13.6 Å². The summed E-state index contributed by atoms with van der Waals surface area (Å²) in [5.41, 5.74) is 4.88. The number of hydrogen-bond acceptors (Lipinski definition) is 4. The number of amides is 4. The van der Waals surface area contributed by atoms with E-state index in [-0.39, 0.29) is 5.91 Å². The molecule has 0 saturated carbocycles. The average Bonchev–Trinajstić information content (AvgIpc) is 2.59. The van der Waals surface area contributed by atoms with E-state index in [9.17, 15) is 19.2 Å². The fourth-order valence-corrected chi connectivity index (χ4v) is 1.72. The van der Waals surface area contributed by atoms with Gasteiger partial charge in [-0.15, -0.1) is 0 Å². The van der Waals surface area contributed by atoms with Crippen molar-refractivity contribution in [3.8, 4) is 0 Å². The highest BCUT2D eigenvalue weighted by Crippen LogP contribution is 2.08. The van der Waals surface area contributed by atoms with Crippen LogP contribution in [-0.4, -0.2) is 59.5 Å². The first-order chi connectivity index (χ1) is 8.81. The molecular formula is C10H16N4O5. The molecule has 9 heteroatoms. The van der Waals surface area contributed by atoms with Gasteiger partial charge in [0.25, 0.3) is 0 Å². The van der Waals surface area contributed by atoms with Gasteiger partial charge in [0.05, 0.1) is 6.42 Å². The summed E-state index contributed by atoms with van der Waals surface area (Å²) in [5, 5.41) is 13.3. The van der Waals surface area contributed by atoms with Crippen molar-refractivity contribution in [3.05, 3.63) is 0 Å². The Morgan fingerprint density at radius 3 is 2.58 bits per heavy atom. The van der Waals surface area contributed by atoms with Gasteiger partial charge in [-0.3, -0.25) is 9.59 Å². The summed E-state index contributed by atoms with van der Waals surface area (Å²) < 4.78 is 0. The number of urea groups is 1. The maximum absolute atomic E-state index is 11.5. The smallest absolute Gasteiger partial charge is 0.326 e. The van der Waals surface area contributed by atoms with Crippen LogP contribution < -0.4 is 16.4 Å². The van der Waals surface area contributed by atoms with Gasteiger partial charge in [0.1, 0.15) is 12.1 Å². The number of nitrogens with zero attached hydrogens (tertiary/aromatic N) is 1. The lowest BCUT2D eigenvalue weighted by Gasteiger charge is -2.16. The number of nitrogens with one attached hydrogen (secondary N) is 2. The van der Waals surface area contributed by atoms with Crippen molar-refractivity contribution >= 4 is 23.8 Å². The lowest BCUT2D eigenvalue weighted by molar-refractivity contribution is -0.140. The standard InChI is InChI=1S/C10H16N4O5/c1-14-3-2-5(8(14)16)12-10(19)13-6(9(17)18)4-7(11)15/h5-6H,2-4H2,1H3,(H2,11,15)(H,17,18)(H2,12,13,19). The zero-order valence-corrected chi connectivity index (χ0v) is 10.4. The zero-order chi connectivity index (χ0) is 14.6. The van der Waals surface area contributed by atoms with Gasteiger partial charge in [-0.1, -0.05) is 0 Å². The van der Waals surface area contributed by atoms with E-state index in [0.29, 0.717) is 13.0 Å². The van der Waals surface area contributed by atoms with E-state index < -0.39 is 36.4 Å². The Morgan fingerprint density at radius 1 is 1.53 bits per heavy atom. The van der Waals surface area contributed by atoms with Crippen LogP contribution in [0.5, 0.6) is 0 Å². The lowest BCUT2D eigenvalue weighted by atomic mass is 10.2. The van der Waals surface area contributed by atoms with Gasteiger partial charge in [-0.2, -0.15) is 0 Å². The normalized spacial score (nSPS) is 19.9. The highest BCUT2D eigenvalue weighted by atomic mass is 16.4. The molecule has 0 bridgehead atoms. The SMILES string of the molecule is CN1CCC(NC(=O)NC(CC(N)=O)C(=O)O)C1=O. The van der Waals surface area contributed by atoms with Crippen LogP contribution >= 0.6 is 0 Å². The first kappa shape index (κ1) is 14.7. The minimum Gasteiger partial charge on any atom is -0.480 e. The summed E-state index contributed by atoms with van der Waals surface area (Å²) >= 11 is 0. The first-order valence-corrected chi connectivity index (χ1v) is 5.64. The maximum Gasteiger partial charge on any atom is 0.326 e. The summed E-state index contributed by atoms with van der Waals surface area (Å²) in [6.07, 6.45) is -0.0580. The molecule has 1 aliphatic heterocycles. The van der Waals surface area contributed by atoms with Crippen molar-refractivity contribution in [2.24, 2.45) is 5.73 Å². The Morgan fingerprint density at radius 2 is 2.16 bits per heavy atom. The number of rotatable bonds is 5. The number of carboxylic acid groups (broad SMARTS) is 1. The second kappa shape index (κ2) is 6.03. The molecule has 2 atom stereocenters. The Balaban J connectivity index is 2.51. The molecule has 1 rings (SSSR count). The summed E-state index contributed by atoms with van der Waals surface area (Å²) in [7, 11) is 1.61. The third kappa shape index (κ3) is 4.12. The number of aliphatic carboxylic acids is 1. The molecular weight excluding hydrogens is 256 g/mol. The fourth-order valence-electron chi connectivity index (χ4n) is 1.72. The highest BCUT2D eigenvalue weighted by Gasteiger charge is 2.31. The van der Waals surface area contributed by atoms with E-state index in [1.54, 1.807) is 7.05 Å². The van der Waals surface area contributed by atoms with Crippen LogP contribution in [0.3, 0.4) is 0 Å². The molecule has 19 heavy (non-hydrogen) atoms. The molecule has 1 heterocycles. The predicted molar refractivity (Wildman–Crippen MR) is 62.9 cm³/mol. The Bertz CT molecular complexity index is 411. The lowest BCUT2D eigenvalue weighted by Crippen LogP contribution is -2.51. The van der Waals surface area contributed by atoms with Gasteiger partial charge in [-0.25, -0.2) is 9.59 Å². The molecule has 0 aromatic rings. The second-order valence-corrected chi connectivity index (χ2v) is 4.28. The molecule has 1 saturated heterocycles. The van der Waals surface area contributed by atoms with Gasteiger partial charge in [0.2, 0.25) is 11.8 Å². The van der Waals surface area contributed by atoms with Crippen LogP contribution in [-0.2, 0) is 14.4 Å². The second-order valence-electron chi connectivity index (χ2n) is 4.28. The molecule has 2 unspecified atom stereocenters. The number of carboxylic acids is 1. The van der Waals surface area contributed by atoms with Gasteiger partial charge < -0.3 is 26.4 Å². The van der Waals surface area contributed by atoms with Crippen molar-refractivity contribution < 1.29 is 24.3 Å². The van der Waals surface area contributed by atoms with Crippen LogP contribution in [0.15, 0.2) is 0 Å². The monoisotopic (exact) mass is 272 g/mol. The zero-order valence-electron chi connectivity index (χ0n) is 10.4. The summed E-state index contributed by atoms with van der Waals surface area (Å²) in [6.45, 7) is 0.521. The van der Waals surface area contributed by atoms with E-state index in [0.717, 1.165) is 0 Å². The van der Waals surface area contributed by atoms with Gasteiger partial charge >= 0.3 is 12.0 Å². The third-order valence-corrected chi connectivity index (χ3v) is 2.74. The quantitative estimate of drug-likeness (QED) is 0.451. The van der Waals surface area contributed by atoms with Crippen LogP contribution in [0.25, 0.3) is 0 Å². The van der Waals surface area contributed by atoms with Crippen LogP contribution in [0.2, 0.25) is 0 Å². The van der Waals surface area contributed by atoms with Crippen molar-refractivity contribution in [2.75, 3.05) is 13.6 Å². The Labute approximate surface area is 109 Å². The predicted octanol–water partition coefficient (Wildman–Crippen LogP) is -2.16. The number of primary amides is 1. The number of likely N-dealkylation sites (tertiary alicyclic amines) is 1. The molecule has 9 nitrogen and oxygen atoms in total. The molecule has 1 aliphatic rings. The number of carbonyl (C=O) groups is 4. The minimum absolute atomic E-state index is 0.239. The van der Waals surface area contributed by atoms with E-state index in [1.165, 1.54) is 4.90 Å². The molecule has 0 aliphatic carbocycles. The van der Waals surface area contributed by atoms with Crippen LogP contribution in [0.1, 0.15) is 12.8 Å². The Hall–Kier alpha value is -2.32. The number of carbonyl (C=O) groups excluding carboxylic acids is 3. The molecule has 4 amide bonds. The summed E-state index contributed by atoms with van der Waals surface area (Å²) in [4.78, 5) is 46.0. The van der Waals surface area contributed by atoms with Gasteiger partial charge in [0.15, 0.2) is 0 Å². The average molecular weight is 272 g/mol. The van der Waals surface area contributed by atoms with Crippen molar-refractivity contribution in [2.45, 2.75) is 24.9 Å². The third-order valence-electron chi connectivity index (χ3n) is 2.74. The first-order valence-electron chi connectivity index (χ1n) is 5.64. The van der Waals surface area contributed by atoms with E-state index in [1.807, 2.05) is 0 Å². The fraction of sp³-hybridized carbons (Fsp3) is 0.600. The molecule has 0 aromatic carbocycles. The van der Waals surface area contributed by atoms with Crippen LogP contribution in [0, 0.1) is 0 Å². The van der Waals surface area contributed by atoms with Crippen molar-refractivity contribution in [1.29, 1.82) is 0 Å². The summed E-state index contributed by atoms with van der Waals surface area (Å²) in [6, 6.07) is -2.90. The topological polar surface area (TPSA) is 142 Å². The highest BCUT2D eigenvalue weighted by molar-refractivity contribution is 5.91. The molecule has 1 fully saturated rings. The van der Waals surface area contributed by atoms with Crippen LogP contribution in [0.4, 0.5) is 4.79 Å². The van der Waals surface area contributed by atoms with Crippen molar-refractivity contribution in [3.63, 3.8) is 0 Å². The minimum atomic E-state index is -1.41. The van der Waals surface area contributed by atoms with Gasteiger partial charge in [-0.05, 0) is 6.42 Å². The summed E-state index contributed by atoms with van der Waals surface area (Å²) in [5.74, 6) is -2.45. The number of likely N-dealkylation sites (N-methyl/N-ethyl adjacent to an activating group) is 1. The maximum atomic E-state index is 11.5. The van der Waals surface area contributed by atoms with E-state index in [2.05, 4.69) is 10.6 Å².